The Morgan fingerprint density at radius 2 is 1.68 bits per heavy atom. The van der Waals surface area contributed by atoms with E-state index >= 15 is 0 Å². The van der Waals surface area contributed by atoms with Crippen LogP contribution in [-0.2, 0) is 6.18 Å². The number of anilines is 4. The highest BCUT2D eigenvalue weighted by Crippen LogP contribution is 2.38. The lowest BCUT2D eigenvalue weighted by Gasteiger charge is -2.34. The van der Waals surface area contributed by atoms with Crippen LogP contribution in [0.4, 0.5) is 35.5 Å². The van der Waals surface area contributed by atoms with Crippen LogP contribution in [-0.4, -0.2) is 48.9 Å². The summed E-state index contributed by atoms with van der Waals surface area (Å²) in [6.45, 7) is 3.91. The molecule has 34 heavy (non-hydrogen) atoms. The molecule has 0 aliphatic carbocycles. The molecule has 1 saturated heterocycles. The van der Waals surface area contributed by atoms with Crippen molar-refractivity contribution >= 4 is 62.6 Å². The first kappa shape index (κ1) is 24.6. The van der Waals surface area contributed by atoms with Gasteiger partial charge in [0.15, 0.2) is 5.13 Å². The lowest BCUT2D eigenvalue weighted by molar-refractivity contribution is -0.137. The van der Waals surface area contributed by atoms with Crippen LogP contribution in [0.1, 0.15) is 20.8 Å². The predicted octanol–water partition coefficient (Wildman–Crippen LogP) is 5.78. The van der Waals surface area contributed by atoms with E-state index in [1.54, 1.807) is 0 Å². The number of likely N-dealkylation sites (N-methyl/N-ethyl adjacent to an activating group) is 1. The molecule has 2 aromatic carbocycles. The number of hydrogen-bond donors (Lipinski definition) is 2. The highest BCUT2D eigenvalue weighted by Gasteiger charge is 2.33. The molecule has 0 saturated carbocycles. The summed E-state index contributed by atoms with van der Waals surface area (Å²) in [5.41, 5.74) is 6.49. The quantitative estimate of drug-likeness (QED) is 0.408. The fourth-order valence-corrected chi connectivity index (χ4v) is 5.07. The lowest BCUT2D eigenvalue weighted by atomic mass is 10.1. The number of hydrogen-bond acceptors (Lipinski definition) is 7. The monoisotopic (exact) mass is 529 g/mol. The van der Waals surface area contributed by atoms with Gasteiger partial charge in [-0.15, -0.1) is 0 Å². The number of nitrogens with one attached hydrogen (secondary N) is 1. The first-order valence-electron chi connectivity index (χ1n) is 10.2. The SMILES string of the molecule is CN1CCN(c2ccc(Nc3nc(N)c(C(=O)c4c(Cl)cc(C(F)(F)F)cc4Cl)s3)cc2)CC1. The van der Waals surface area contributed by atoms with Gasteiger partial charge in [0, 0.05) is 37.6 Å². The molecule has 1 aliphatic rings. The third-order valence-electron chi connectivity index (χ3n) is 5.44. The molecule has 2 heterocycles. The maximum absolute atomic E-state index is 13.0. The van der Waals surface area contributed by atoms with Crippen molar-refractivity contribution in [2.45, 2.75) is 6.18 Å². The summed E-state index contributed by atoms with van der Waals surface area (Å²) in [6, 6.07) is 9.13. The highest BCUT2D eigenvalue weighted by atomic mass is 35.5. The maximum Gasteiger partial charge on any atom is 0.416 e. The molecule has 3 aromatic rings. The largest absolute Gasteiger partial charge is 0.416 e. The van der Waals surface area contributed by atoms with E-state index in [9.17, 15) is 18.0 Å². The average molecular weight is 530 g/mol. The van der Waals surface area contributed by atoms with E-state index in [-0.39, 0.29) is 16.3 Å². The Balaban J connectivity index is 1.51. The maximum atomic E-state index is 13.0. The number of nitrogens with two attached hydrogens (primary N) is 1. The molecule has 0 bridgehead atoms. The summed E-state index contributed by atoms with van der Waals surface area (Å²) in [5.74, 6) is -0.768. The number of benzene rings is 2. The van der Waals surface area contributed by atoms with Crippen molar-refractivity contribution in [3.05, 3.63) is 62.4 Å². The molecule has 0 spiro atoms. The molecule has 0 radical (unpaired) electrons. The van der Waals surface area contributed by atoms with Crippen molar-refractivity contribution in [1.82, 2.24) is 9.88 Å². The van der Waals surface area contributed by atoms with Crippen molar-refractivity contribution in [3.8, 4) is 0 Å². The van der Waals surface area contributed by atoms with Crippen molar-refractivity contribution in [3.63, 3.8) is 0 Å². The Bertz CT molecular complexity index is 1190. The van der Waals surface area contributed by atoms with Gasteiger partial charge in [0.2, 0.25) is 5.78 Å². The normalized spacial score (nSPS) is 14.9. The Labute approximate surface area is 208 Å². The number of rotatable bonds is 5. The summed E-state index contributed by atoms with van der Waals surface area (Å²) >= 11 is 12.9. The molecular formula is C22H20Cl2F3N5OS. The van der Waals surface area contributed by atoms with Crippen LogP contribution >= 0.6 is 34.5 Å². The van der Waals surface area contributed by atoms with E-state index in [1.165, 1.54) is 0 Å². The summed E-state index contributed by atoms with van der Waals surface area (Å²) < 4.78 is 38.9. The van der Waals surface area contributed by atoms with Gasteiger partial charge >= 0.3 is 6.18 Å². The molecule has 6 nitrogen and oxygen atoms in total. The van der Waals surface area contributed by atoms with E-state index < -0.39 is 27.6 Å². The van der Waals surface area contributed by atoms with Crippen LogP contribution in [0.3, 0.4) is 0 Å². The number of thiazole rings is 1. The number of alkyl halides is 3. The summed E-state index contributed by atoms with van der Waals surface area (Å²) in [4.78, 5) is 21.8. The molecule has 12 heteroatoms. The second-order valence-corrected chi connectivity index (χ2v) is 9.65. The Morgan fingerprint density at radius 1 is 1.09 bits per heavy atom. The molecule has 180 valence electrons. The van der Waals surface area contributed by atoms with Crippen LogP contribution in [0.15, 0.2) is 36.4 Å². The number of aromatic nitrogens is 1. The minimum Gasteiger partial charge on any atom is -0.382 e. The van der Waals surface area contributed by atoms with Crippen molar-refractivity contribution in [2.24, 2.45) is 0 Å². The first-order chi connectivity index (χ1) is 16.0. The van der Waals surface area contributed by atoms with Gasteiger partial charge in [-0.25, -0.2) is 4.98 Å². The van der Waals surface area contributed by atoms with Gasteiger partial charge in [-0.3, -0.25) is 4.79 Å². The second-order valence-electron chi connectivity index (χ2n) is 7.84. The fraction of sp³-hybridized carbons (Fsp3) is 0.273. The summed E-state index contributed by atoms with van der Waals surface area (Å²) in [6.07, 6.45) is -4.64. The third kappa shape index (κ3) is 5.25. The van der Waals surface area contributed by atoms with Crippen molar-refractivity contribution in [2.75, 3.05) is 49.2 Å². The zero-order chi connectivity index (χ0) is 24.6. The van der Waals surface area contributed by atoms with Gasteiger partial charge in [0.25, 0.3) is 0 Å². The number of nitrogen functional groups attached to an aromatic ring is 1. The molecule has 0 unspecified atom stereocenters. The highest BCUT2D eigenvalue weighted by molar-refractivity contribution is 7.18. The Kier molecular flexibility index (Phi) is 6.95. The number of halogens is 5. The Hall–Kier alpha value is -2.53. The number of ketones is 1. The minimum absolute atomic E-state index is 0.0279. The molecule has 1 aromatic heterocycles. The number of nitrogens with zero attached hydrogens (tertiary/aromatic N) is 3. The molecule has 0 amide bonds. The molecule has 3 N–H and O–H groups in total. The van der Waals surface area contributed by atoms with Crippen molar-refractivity contribution < 1.29 is 18.0 Å². The van der Waals surface area contributed by atoms with Crippen LogP contribution in [0, 0.1) is 0 Å². The van der Waals surface area contributed by atoms with Crippen LogP contribution in [0.5, 0.6) is 0 Å². The topological polar surface area (TPSA) is 74.5 Å². The zero-order valence-electron chi connectivity index (χ0n) is 17.9. The van der Waals surface area contributed by atoms with E-state index in [1.807, 2.05) is 24.3 Å². The standard InChI is InChI=1S/C22H20Cl2F3N5OS/c1-31-6-8-32(9-7-31)14-4-2-13(3-5-14)29-21-30-20(28)19(34-21)18(33)17-15(23)10-12(11-16(17)24)22(25,26)27/h2-5,10-11H,6-9,28H2,1H3,(H,29,30). The van der Waals surface area contributed by atoms with Gasteiger partial charge in [-0.2, -0.15) is 13.2 Å². The van der Waals surface area contributed by atoms with E-state index in [0.29, 0.717) is 17.3 Å². The molecule has 1 aliphatic heterocycles. The van der Waals surface area contributed by atoms with Gasteiger partial charge in [-0.1, -0.05) is 34.5 Å². The number of piperazine rings is 1. The van der Waals surface area contributed by atoms with Gasteiger partial charge in [0.05, 0.1) is 21.2 Å². The van der Waals surface area contributed by atoms with Crippen LogP contribution in [0.2, 0.25) is 10.0 Å². The summed E-state index contributed by atoms with van der Waals surface area (Å²) in [7, 11) is 2.10. The van der Waals surface area contributed by atoms with Gasteiger partial charge < -0.3 is 20.9 Å². The Morgan fingerprint density at radius 3 is 2.24 bits per heavy atom. The molecular weight excluding hydrogens is 510 g/mol. The number of carbonyl (C=O) groups excluding carboxylic acids is 1. The average Bonchev–Trinajstić information content (AvgIpc) is 3.13. The molecule has 1 fully saturated rings. The lowest BCUT2D eigenvalue weighted by Crippen LogP contribution is -2.44. The van der Waals surface area contributed by atoms with E-state index in [2.05, 4.69) is 27.1 Å². The van der Waals surface area contributed by atoms with Crippen LogP contribution < -0.4 is 16.0 Å². The summed E-state index contributed by atoms with van der Waals surface area (Å²) in [5, 5.41) is 2.63. The van der Waals surface area contributed by atoms with E-state index in [0.717, 1.165) is 48.9 Å². The minimum atomic E-state index is -4.64. The number of carbonyl (C=O) groups is 1. The zero-order valence-corrected chi connectivity index (χ0v) is 20.2. The predicted molar refractivity (Wildman–Crippen MR) is 131 cm³/mol. The van der Waals surface area contributed by atoms with Crippen molar-refractivity contribution in [1.29, 1.82) is 0 Å². The van der Waals surface area contributed by atoms with Crippen LogP contribution in [0.25, 0.3) is 0 Å². The third-order valence-corrected chi connectivity index (χ3v) is 7.02. The molecule has 0 atom stereocenters. The fourth-order valence-electron chi connectivity index (χ4n) is 3.56. The van der Waals surface area contributed by atoms with Gasteiger partial charge in [0.1, 0.15) is 10.7 Å². The second kappa shape index (κ2) is 9.61. The first-order valence-corrected chi connectivity index (χ1v) is 11.8. The van der Waals surface area contributed by atoms with Gasteiger partial charge in [-0.05, 0) is 43.4 Å². The molecule has 4 rings (SSSR count). The smallest absolute Gasteiger partial charge is 0.382 e. The van der Waals surface area contributed by atoms with E-state index in [4.69, 9.17) is 28.9 Å².